The molecule has 0 unspecified atom stereocenters. The Morgan fingerprint density at radius 1 is 0.821 bits per heavy atom. The van der Waals surface area contributed by atoms with Crippen molar-refractivity contribution in [2.75, 3.05) is 0 Å². The van der Waals surface area contributed by atoms with Crippen molar-refractivity contribution in [2.45, 2.75) is 32.7 Å². The van der Waals surface area contributed by atoms with Gasteiger partial charge in [-0.25, -0.2) is 9.59 Å². The number of nitrogens with zero attached hydrogens (tertiary/aromatic N) is 1. The molecule has 1 aliphatic heterocycles. The summed E-state index contributed by atoms with van der Waals surface area (Å²) in [6, 6.07) is 20.2. The number of allylic oxidation sites excluding steroid dienone is 2. The fourth-order valence-corrected chi connectivity index (χ4v) is 2.85. The minimum absolute atomic E-state index is 0.116. The van der Waals surface area contributed by atoms with Gasteiger partial charge in [-0.15, -0.1) is 0 Å². The predicted octanol–water partition coefficient (Wildman–Crippen LogP) is 3.97. The largest absolute Gasteiger partial charge is 0.419 e. The molecule has 1 saturated heterocycles. The van der Waals surface area contributed by atoms with Crippen LogP contribution in [0.5, 0.6) is 0 Å². The maximum atomic E-state index is 12.0. The number of carbonyl (C=O) groups is 2. The molecule has 1 fully saturated rings. The van der Waals surface area contributed by atoms with E-state index in [0.29, 0.717) is 13.1 Å². The smallest absolute Gasteiger partial charge is 0.348 e. The molecule has 1 aliphatic rings. The van der Waals surface area contributed by atoms with Crippen molar-refractivity contribution in [2.24, 2.45) is 0 Å². The van der Waals surface area contributed by atoms with Crippen LogP contribution in [0.1, 0.15) is 25.0 Å². The fraction of sp³-hybridized carbons (Fsp3) is 0.217. The van der Waals surface area contributed by atoms with E-state index in [4.69, 9.17) is 9.47 Å². The predicted molar refractivity (Wildman–Crippen MR) is 106 cm³/mol. The Bertz CT molecular complexity index is 822. The van der Waals surface area contributed by atoms with E-state index in [1.165, 1.54) is 19.9 Å². The van der Waals surface area contributed by atoms with Gasteiger partial charge in [-0.05, 0) is 29.5 Å². The Labute approximate surface area is 164 Å². The lowest BCUT2D eigenvalue weighted by Gasteiger charge is -2.29. The number of carbonyl (C=O) groups excluding carboxylic acids is 2. The average Bonchev–Trinajstić information content (AvgIpc) is 2.64. The monoisotopic (exact) mass is 377 g/mol. The highest BCUT2D eigenvalue weighted by molar-refractivity contribution is 6.15. The number of hydrogen-bond acceptors (Lipinski definition) is 5. The molecule has 144 valence electrons. The van der Waals surface area contributed by atoms with E-state index in [1.54, 1.807) is 6.08 Å². The molecule has 2 aromatic rings. The van der Waals surface area contributed by atoms with E-state index in [9.17, 15) is 9.59 Å². The summed E-state index contributed by atoms with van der Waals surface area (Å²) < 4.78 is 10.2. The van der Waals surface area contributed by atoms with Gasteiger partial charge in [-0.1, -0.05) is 60.7 Å². The van der Waals surface area contributed by atoms with Gasteiger partial charge in [0.2, 0.25) is 0 Å². The van der Waals surface area contributed by atoms with E-state index < -0.39 is 17.7 Å². The van der Waals surface area contributed by atoms with Gasteiger partial charge in [0.25, 0.3) is 5.79 Å². The zero-order chi connectivity index (χ0) is 20.0. The Hall–Kier alpha value is -3.34. The van der Waals surface area contributed by atoms with Crippen LogP contribution in [0.4, 0.5) is 0 Å². The summed E-state index contributed by atoms with van der Waals surface area (Å²) in [5, 5.41) is 0. The standard InChI is InChI=1S/C23H23NO4/c1-23(2)27-21(25)20(22(26)28-23)14-9-15-24(16-18-10-5-3-6-11-18)17-19-12-7-4-8-13-19/h3-15H,16-17H2,1-2H3. The van der Waals surface area contributed by atoms with E-state index >= 15 is 0 Å². The number of benzene rings is 2. The summed E-state index contributed by atoms with van der Waals surface area (Å²) in [7, 11) is 0. The lowest BCUT2D eigenvalue weighted by Crippen LogP contribution is -2.41. The maximum absolute atomic E-state index is 12.0. The van der Waals surface area contributed by atoms with Crippen molar-refractivity contribution in [3.05, 3.63) is 95.7 Å². The third-order valence-electron chi connectivity index (χ3n) is 4.13. The second-order valence-corrected chi connectivity index (χ2v) is 6.98. The Morgan fingerprint density at radius 2 is 1.29 bits per heavy atom. The fourth-order valence-electron chi connectivity index (χ4n) is 2.85. The van der Waals surface area contributed by atoms with Gasteiger partial charge in [0.05, 0.1) is 0 Å². The number of esters is 2. The number of cyclic esters (lactones) is 2. The summed E-state index contributed by atoms with van der Waals surface area (Å²) in [5.74, 6) is -2.59. The van der Waals surface area contributed by atoms with Crippen molar-refractivity contribution in [1.29, 1.82) is 0 Å². The molecule has 0 aliphatic carbocycles. The molecule has 5 nitrogen and oxygen atoms in total. The van der Waals surface area contributed by atoms with Crippen molar-refractivity contribution < 1.29 is 19.1 Å². The molecular weight excluding hydrogens is 354 g/mol. The van der Waals surface area contributed by atoms with Gasteiger partial charge in [0, 0.05) is 26.9 Å². The first-order chi connectivity index (χ1) is 13.4. The van der Waals surface area contributed by atoms with Crippen molar-refractivity contribution in [3.63, 3.8) is 0 Å². The summed E-state index contributed by atoms with van der Waals surface area (Å²) >= 11 is 0. The van der Waals surface area contributed by atoms with Gasteiger partial charge >= 0.3 is 11.9 Å². The van der Waals surface area contributed by atoms with Crippen LogP contribution >= 0.6 is 0 Å². The van der Waals surface area contributed by atoms with Crippen LogP contribution in [0.15, 0.2) is 84.6 Å². The van der Waals surface area contributed by atoms with Crippen molar-refractivity contribution in [1.82, 2.24) is 4.90 Å². The van der Waals surface area contributed by atoms with Crippen LogP contribution in [-0.4, -0.2) is 22.6 Å². The molecule has 0 amide bonds. The van der Waals surface area contributed by atoms with Gasteiger partial charge in [-0.3, -0.25) is 0 Å². The molecular formula is C23H23NO4. The summed E-state index contributed by atoms with van der Waals surface area (Å²) in [5.41, 5.74) is 2.21. The average molecular weight is 377 g/mol. The van der Waals surface area contributed by atoms with Crippen molar-refractivity contribution >= 4 is 11.9 Å². The second-order valence-electron chi connectivity index (χ2n) is 6.98. The molecule has 0 N–H and O–H groups in total. The van der Waals surface area contributed by atoms with Crippen LogP contribution in [0.25, 0.3) is 0 Å². The van der Waals surface area contributed by atoms with Gasteiger partial charge in [-0.2, -0.15) is 0 Å². The van der Waals surface area contributed by atoms with E-state index in [-0.39, 0.29) is 5.57 Å². The highest BCUT2D eigenvalue weighted by atomic mass is 16.7. The zero-order valence-electron chi connectivity index (χ0n) is 16.0. The van der Waals surface area contributed by atoms with E-state index in [1.807, 2.05) is 42.6 Å². The number of rotatable bonds is 6. The van der Waals surface area contributed by atoms with Crippen LogP contribution < -0.4 is 0 Å². The van der Waals surface area contributed by atoms with Crippen LogP contribution in [0, 0.1) is 0 Å². The molecule has 5 heteroatoms. The molecule has 1 heterocycles. The Balaban J connectivity index is 1.76. The minimum Gasteiger partial charge on any atom is -0.419 e. The molecule has 0 atom stereocenters. The summed E-state index contributed by atoms with van der Waals surface area (Å²) in [6.07, 6.45) is 4.96. The topological polar surface area (TPSA) is 55.8 Å². The molecule has 0 bridgehead atoms. The molecule has 0 spiro atoms. The SMILES string of the molecule is CC1(C)OC(=O)C(=CC=CN(Cc2ccccc2)Cc2ccccc2)C(=O)O1. The zero-order valence-corrected chi connectivity index (χ0v) is 16.0. The summed E-state index contributed by atoms with van der Waals surface area (Å²) in [4.78, 5) is 26.2. The highest BCUT2D eigenvalue weighted by Crippen LogP contribution is 2.22. The maximum Gasteiger partial charge on any atom is 0.348 e. The van der Waals surface area contributed by atoms with E-state index in [0.717, 1.165) is 11.1 Å². The number of ether oxygens (including phenoxy) is 2. The molecule has 3 rings (SSSR count). The van der Waals surface area contributed by atoms with Crippen LogP contribution in [0.2, 0.25) is 0 Å². The quantitative estimate of drug-likeness (QED) is 0.433. The lowest BCUT2D eigenvalue weighted by molar-refractivity contribution is -0.222. The molecule has 0 saturated carbocycles. The normalized spacial score (nSPS) is 15.9. The number of hydrogen-bond donors (Lipinski definition) is 0. The highest BCUT2D eigenvalue weighted by Gasteiger charge is 2.38. The molecule has 2 aromatic carbocycles. The first-order valence-electron chi connectivity index (χ1n) is 9.10. The Morgan fingerprint density at radius 3 is 1.75 bits per heavy atom. The third kappa shape index (κ3) is 5.33. The van der Waals surface area contributed by atoms with Crippen LogP contribution in [-0.2, 0) is 32.2 Å². The van der Waals surface area contributed by atoms with E-state index in [2.05, 4.69) is 29.2 Å². The second kappa shape index (κ2) is 8.57. The van der Waals surface area contributed by atoms with Gasteiger partial charge in [0.1, 0.15) is 5.57 Å². The first kappa shape index (κ1) is 19.4. The van der Waals surface area contributed by atoms with Crippen LogP contribution in [0.3, 0.4) is 0 Å². The molecule has 0 aromatic heterocycles. The summed E-state index contributed by atoms with van der Waals surface area (Å²) in [6.45, 7) is 4.43. The molecule has 0 radical (unpaired) electrons. The molecule has 28 heavy (non-hydrogen) atoms. The van der Waals surface area contributed by atoms with Crippen molar-refractivity contribution in [3.8, 4) is 0 Å². The van der Waals surface area contributed by atoms with Gasteiger partial charge in [0.15, 0.2) is 0 Å². The minimum atomic E-state index is -1.23. The van der Waals surface area contributed by atoms with Gasteiger partial charge < -0.3 is 14.4 Å². The first-order valence-corrected chi connectivity index (χ1v) is 9.10. The Kier molecular flexibility index (Phi) is 5.94. The lowest BCUT2D eigenvalue weighted by atomic mass is 10.1. The third-order valence-corrected chi connectivity index (χ3v) is 4.13.